The molecule has 0 aliphatic rings. The molecule has 4 heteroatoms. The lowest BCUT2D eigenvalue weighted by Crippen LogP contribution is -2.06. The maximum atomic E-state index is 13.0. The highest BCUT2D eigenvalue weighted by molar-refractivity contribution is 6.33. The first-order valence-corrected chi connectivity index (χ1v) is 6.87. The molecule has 0 radical (unpaired) electrons. The monoisotopic (exact) mass is 293 g/mol. The highest BCUT2D eigenvalue weighted by Gasteiger charge is 2.03. The van der Waals surface area contributed by atoms with Gasteiger partial charge >= 0.3 is 0 Å². The molecule has 0 aliphatic heterocycles. The van der Waals surface area contributed by atoms with E-state index in [0.29, 0.717) is 17.3 Å². The van der Waals surface area contributed by atoms with Crippen molar-refractivity contribution < 1.29 is 9.13 Å². The van der Waals surface area contributed by atoms with Crippen molar-refractivity contribution in [3.63, 3.8) is 0 Å². The number of ether oxygens (including phenoxy) is 1. The van der Waals surface area contributed by atoms with E-state index >= 15 is 0 Å². The fourth-order valence-electron chi connectivity index (χ4n) is 1.83. The fourth-order valence-corrected chi connectivity index (χ4v) is 2.07. The summed E-state index contributed by atoms with van der Waals surface area (Å²) < 4.78 is 18.6. The zero-order chi connectivity index (χ0) is 14.5. The Morgan fingerprint density at radius 1 is 1.20 bits per heavy atom. The maximum Gasteiger partial charge on any atom is 0.124 e. The largest absolute Gasteiger partial charge is 0.491 e. The molecule has 0 bridgehead atoms. The molecule has 20 heavy (non-hydrogen) atoms. The molecule has 0 aromatic heterocycles. The summed E-state index contributed by atoms with van der Waals surface area (Å²) in [7, 11) is 0. The fraction of sp³-hybridized carbons (Fsp3) is 0.250. The lowest BCUT2D eigenvalue weighted by Gasteiger charge is -2.12. The molecule has 0 aliphatic carbocycles. The van der Waals surface area contributed by atoms with E-state index in [1.165, 1.54) is 12.1 Å². The molecular formula is C16H17ClFNO. The Morgan fingerprint density at radius 3 is 2.70 bits per heavy atom. The molecule has 2 nitrogen and oxygen atoms in total. The molecule has 0 amide bonds. The molecule has 2 aromatic carbocycles. The summed E-state index contributed by atoms with van der Waals surface area (Å²) in [5, 5.41) is 3.56. The Bertz CT molecular complexity index is 586. The summed E-state index contributed by atoms with van der Waals surface area (Å²) in [6, 6.07) is 12.2. The van der Waals surface area contributed by atoms with E-state index < -0.39 is 0 Å². The second-order valence-electron chi connectivity index (χ2n) is 4.79. The van der Waals surface area contributed by atoms with E-state index in [9.17, 15) is 4.39 Å². The van der Waals surface area contributed by atoms with Gasteiger partial charge in [0.25, 0.3) is 0 Å². The number of hydrogen-bond acceptors (Lipinski definition) is 2. The minimum absolute atomic E-state index is 0.143. The van der Waals surface area contributed by atoms with Gasteiger partial charge in [-0.25, -0.2) is 4.39 Å². The van der Waals surface area contributed by atoms with Crippen LogP contribution in [0.1, 0.15) is 19.4 Å². The number of nitrogens with one attached hydrogen (secondary N) is 1. The van der Waals surface area contributed by atoms with E-state index in [1.54, 1.807) is 6.07 Å². The Labute approximate surface area is 123 Å². The Morgan fingerprint density at radius 2 is 2.00 bits per heavy atom. The Hall–Kier alpha value is -1.74. The third kappa shape index (κ3) is 4.14. The van der Waals surface area contributed by atoms with Gasteiger partial charge in [-0.1, -0.05) is 23.7 Å². The first-order valence-electron chi connectivity index (χ1n) is 6.49. The standard InChI is InChI=1S/C16H17ClFNO/c1-11(2)20-14-5-3-4-12(8-14)10-19-16-7-6-13(18)9-15(16)17/h3-9,11,19H,10H2,1-2H3. The summed E-state index contributed by atoms with van der Waals surface area (Å²) in [4.78, 5) is 0. The van der Waals surface area contributed by atoms with Crippen LogP contribution in [0, 0.1) is 5.82 Å². The third-order valence-corrected chi connectivity index (χ3v) is 3.00. The molecule has 0 spiro atoms. The second kappa shape index (κ2) is 6.62. The van der Waals surface area contributed by atoms with Gasteiger partial charge in [0.15, 0.2) is 0 Å². The van der Waals surface area contributed by atoms with Crippen LogP contribution in [0.5, 0.6) is 5.75 Å². The van der Waals surface area contributed by atoms with Crippen molar-refractivity contribution in [2.75, 3.05) is 5.32 Å². The lowest BCUT2D eigenvalue weighted by molar-refractivity contribution is 0.242. The first kappa shape index (κ1) is 14.7. The number of benzene rings is 2. The van der Waals surface area contributed by atoms with Gasteiger partial charge in [0, 0.05) is 6.54 Å². The van der Waals surface area contributed by atoms with Crippen LogP contribution in [0.3, 0.4) is 0 Å². The van der Waals surface area contributed by atoms with Crippen LogP contribution in [0.25, 0.3) is 0 Å². The Kier molecular flexibility index (Phi) is 4.85. The van der Waals surface area contributed by atoms with Crippen LogP contribution in [0.4, 0.5) is 10.1 Å². The minimum Gasteiger partial charge on any atom is -0.491 e. The van der Waals surface area contributed by atoms with Crippen LogP contribution >= 0.6 is 11.6 Å². The predicted octanol–water partition coefficient (Wildman–Crippen LogP) is 4.88. The van der Waals surface area contributed by atoms with Crippen molar-refractivity contribution in [3.05, 3.63) is 58.9 Å². The van der Waals surface area contributed by atoms with E-state index in [4.69, 9.17) is 16.3 Å². The summed E-state index contributed by atoms with van der Waals surface area (Å²) in [6.07, 6.45) is 0.143. The van der Waals surface area contributed by atoms with Crippen molar-refractivity contribution >= 4 is 17.3 Å². The zero-order valence-electron chi connectivity index (χ0n) is 11.5. The molecule has 2 rings (SSSR count). The van der Waals surface area contributed by atoms with Gasteiger partial charge in [0.05, 0.1) is 16.8 Å². The van der Waals surface area contributed by atoms with Crippen molar-refractivity contribution in [3.8, 4) is 5.75 Å². The van der Waals surface area contributed by atoms with Crippen LogP contribution in [0.15, 0.2) is 42.5 Å². The minimum atomic E-state index is -0.340. The Balaban J connectivity index is 2.03. The SMILES string of the molecule is CC(C)Oc1cccc(CNc2ccc(F)cc2Cl)c1. The third-order valence-electron chi connectivity index (χ3n) is 2.68. The highest BCUT2D eigenvalue weighted by atomic mass is 35.5. The topological polar surface area (TPSA) is 21.3 Å². The van der Waals surface area contributed by atoms with E-state index in [0.717, 1.165) is 11.3 Å². The van der Waals surface area contributed by atoms with Gasteiger partial charge in [0.2, 0.25) is 0 Å². The molecule has 1 N–H and O–H groups in total. The maximum absolute atomic E-state index is 13.0. The number of hydrogen-bond donors (Lipinski definition) is 1. The molecule has 0 saturated heterocycles. The van der Waals surface area contributed by atoms with Crippen molar-refractivity contribution in [1.82, 2.24) is 0 Å². The van der Waals surface area contributed by atoms with Gasteiger partial charge < -0.3 is 10.1 Å². The summed E-state index contributed by atoms with van der Waals surface area (Å²) >= 11 is 5.97. The van der Waals surface area contributed by atoms with Crippen molar-refractivity contribution in [2.45, 2.75) is 26.5 Å². The molecule has 0 unspecified atom stereocenters. The molecule has 0 heterocycles. The van der Waals surface area contributed by atoms with E-state index in [-0.39, 0.29) is 11.9 Å². The predicted molar refractivity (Wildman–Crippen MR) is 80.9 cm³/mol. The van der Waals surface area contributed by atoms with Crippen molar-refractivity contribution in [1.29, 1.82) is 0 Å². The average Bonchev–Trinajstić information content (AvgIpc) is 2.37. The first-order chi connectivity index (χ1) is 9.54. The van der Waals surface area contributed by atoms with Crippen LogP contribution < -0.4 is 10.1 Å². The normalized spacial score (nSPS) is 10.7. The molecule has 2 aromatic rings. The van der Waals surface area contributed by atoms with Gasteiger partial charge in [-0.2, -0.15) is 0 Å². The number of anilines is 1. The number of rotatable bonds is 5. The average molecular weight is 294 g/mol. The van der Waals surface area contributed by atoms with Crippen LogP contribution in [0.2, 0.25) is 5.02 Å². The molecule has 106 valence electrons. The zero-order valence-corrected chi connectivity index (χ0v) is 12.2. The second-order valence-corrected chi connectivity index (χ2v) is 5.20. The summed E-state index contributed by atoms with van der Waals surface area (Å²) in [5.74, 6) is 0.498. The van der Waals surface area contributed by atoms with Crippen LogP contribution in [-0.4, -0.2) is 6.10 Å². The summed E-state index contributed by atoms with van der Waals surface area (Å²) in [6.45, 7) is 4.58. The molecular weight excluding hydrogens is 277 g/mol. The highest BCUT2D eigenvalue weighted by Crippen LogP contribution is 2.23. The molecule has 0 atom stereocenters. The van der Waals surface area contributed by atoms with Gasteiger partial charge in [-0.05, 0) is 49.7 Å². The van der Waals surface area contributed by atoms with Crippen molar-refractivity contribution in [2.24, 2.45) is 0 Å². The van der Waals surface area contributed by atoms with Gasteiger partial charge in [-0.15, -0.1) is 0 Å². The van der Waals surface area contributed by atoms with Gasteiger partial charge in [0.1, 0.15) is 11.6 Å². The molecule has 0 saturated carbocycles. The quantitative estimate of drug-likeness (QED) is 0.848. The van der Waals surface area contributed by atoms with Gasteiger partial charge in [-0.3, -0.25) is 0 Å². The van der Waals surface area contributed by atoms with Crippen LogP contribution in [-0.2, 0) is 6.54 Å². The number of halogens is 2. The van der Waals surface area contributed by atoms with E-state index in [1.807, 2.05) is 38.1 Å². The molecule has 0 fully saturated rings. The summed E-state index contributed by atoms with van der Waals surface area (Å²) in [5.41, 5.74) is 1.78. The smallest absolute Gasteiger partial charge is 0.124 e. The lowest BCUT2D eigenvalue weighted by atomic mass is 10.2. The van der Waals surface area contributed by atoms with E-state index in [2.05, 4.69) is 5.32 Å².